The van der Waals surface area contributed by atoms with E-state index < -0.39 is 0 Å². The lowest BCUT2D eigenvalue weighted by molar-refractivity contribution is 0.193. The minimum absolute atomic E-state index is 0.189. The highest BCUT2D eigenvalue weighted by Gasteiger charge is 2.59. The molecule has 1 aliphatic carbocycles. The summed E-state index contributed by atoms with van der Waals surface area (Å²) in [5, 5.41) is 8.58. The molecule has 2 fully saturated rings. The standard InChI is InChI=1S/C6H10O2/c7-4-5-6(8-5)2-1-3-6/h5,7H,1-4H2. The lowest BCUT2D eigenvalue weighted by atomic mass is 9.82. The third-order valence-corrected chi connectivity index (χ3v) is 2.27. The highest BCUT2D eigenvalue weighted by molar-refractivity contribution is 5.07. The van der Waals surface area contributed by atoms with Crippen molar-refractivity contribution in [2.24, 2.45) is 0 Å². The first-order valence-electron chi connectivity index (χ1n) is 3.16. The van der Waals surface area contributed by atoms with Crippen LogP contribution in [0.1, 0.15) is 19.3 Å². The lowest BCUT2D eigenvalue weighted by Crippen LogP contribution is -2.25. The van der Waals surface area contributed by atoms with Crippen LogP contribution in [0.5, 0.6) is 0 Å². The molecule has 0 bridgehead atoms. The zero-order chi connectivity index (χ0) is 5.61. The van der Waals surface area contributed by atoms with Crippen LogP contribution >= 0.6 is 0 Å². The van der Waals surface area contributed by atoms with Crippen molar-refractivity contribution >= 4 is 0 Å². The predicted molar refractivity (Wildman–Crippen MR) is 28.5 cm³/mol. The van der Waals surface area contributed by atoms with Crippen molar-refractivity contribution in [1.82, 2.24) is 0 Å². The molecule has 8 heavy (non-hydrogen) atoms. The van der Waals surface area contributed by atoms with Gasteiger partial charge in [0.15, 0.2) is 0 Å². The Hall–Kier alpha value is -0.0800. The molecule has 0 aromatic rings. The van der Waals surface area contributed by atoms with Gasteiger partial charge in [-0.15, -0.1) is 0 Å². The van der Waals surface area contributed by atoms with E-state index in [2.05, 4.69) is 0 Å². The van der Waals surface area contributed by atoms with Crippen molar-refractivity contribution in [3.8, 4) is 0 Å². The van der Waals surface area contributed by atoms with Crippen LogP contribution in [0.25, 0.3) is 0 Å². The van der Waals surface area contributed by atoms with E-state index in [-0.39, 0.29) is 18.3 Å². The van der Waals surface area contributed by atoms with Crippen molar-refractivity contribution in [3.05, 3.63) is 0 Å². The third-order valence-electron chi connectivity index (χ3n) is 2.27. The van der Waals surface area contributed by atoms with E-state index >= 15 is 0 Å². The van der Waals surface area contributed by atoms with Gasteiger partial charge in [0.1, 0.15) is 6.10 Å². The zero-order valence-electron chi connectivity index (χ0n) is 4.76. The number of aliphatic hydroxyl groups excluding tert-OH is 1. The first-order valence-corrected chi connectivity index (χ1v) is 3.16. The minimum Gasteiger partial charge on any atom is -0.394 e. The molecule has 1 aliphatic heterocycles. The fraction of sp³-hybridized carbons (Fsp3) is 1.00. The summed E-state index contributed by atoms with van der Waals surface area (Å²) in [7, 11) is 0. The van der Waals surface area contributed by atoms with E-state index in [0.717, 1.165) is 0 Å². The Kier molecular flexibility index (Phi) is 0.746. The summed E-state index contributed by atoms with van der Waals surface area (Å²) in [6.45, 7) is 0.222. The molecule has 0 radical (unpaired) electrons. The summed E-state index contributed by atoms with van der Waals surface area (Å²) in [5.74, 6) is 0. The Balaban J connectivity index is 1.93. The molecule has 1 heterocycles. The molecule has 1 unspecified atom stereocenters. The zero-order valence-corrected chi connectivity index (χ0v) is 4.76. The van der Waals surface area contributed by atoms with Gasteiger partial charge >= 0.3 is 0 Å². The molecule has 2 nitrogen and oxygen atoms in total. The summed E-state index contributed by atoms with van der Waals surface area (Å²) in [6, 6.07) is 0. The Morgan fingerprint density at radius 1 is 1.62 bits per heavy atom. The molecule has 2 heteroatoms. The van der Waals surface area contributed by atoms with Gasteiger partial charge in [0, 0.05) is 0 Å². The van der Waals surface area contributed by atoms with Crippen LogP contribution in [-0.4, -0.2) is 23.4 Å². The van der Waals surface area contributed by atoms with Gasteiger partial charge in [-0.1, -0.05) is 0 Å². The Morgan fingerprint density at radius 2 is 2.38 bits per heavy atom. The maximum atomic E-state index is 8.58. The largest absolute Gasteiger partial charge is 0.394 e. The molecular formula is C6H10O2. The van der Waals surface area contributed by atoms with E-state index in [4.69, 9.17) is 9.84 Å². The molecule has 0 amide bonds. The summed E-state index contributed by atoms with van der Waals surface area (Å²) >= 11 is 0. The van der Waals surface area contributed by atoms with Gasteiger partial charge in [0.2, 0.25) is 0 Å². The summed E-state index contributed by atoms with van der Waals surface area (Å²) < 4.78 is 5.24. The number of hydrogen-bond acceptors (Lipinski definition) is 2. The van der Waals surface area contributed by atoms with Gasteiger partial charge in [-0.05, 0) is 19.3 Å². The minimum atomic E-state index is 0.189. The first kappa shape index (κ1) is 4.77. The molecule has 1 atom stereocenters. The number of epoxide rings is 1. The summed E-state index contributed by atoms with van der Waals surface area (Å²) in [5.41, 5.74) is 0.189. The number of rotatable bonds is 1. The number of aliphatic hydroxyl groups is 1. The van der Waals surface area contributed by atoms with Gasteiger partial charge in [0.25, 0.3) is 0 Å². The normalized spacial score (nSPS) is 39.4. The second-order valence-corrected chi connectivity index (χ2v) is 2.71. The highest BCUT2D eigenvalue weighted by atomic mass is 16.6. The average Bonchev–Trinajstić information content (AvgIpc) is 2.36. The summed E-state index contributed by atoms with van der Waals surface area (Å²) in [4.78, 5) is 0. The lowest BCUT2D eigenvalue weighted by Gasteiger charge is -2.21. The van der Waals surface area contributed by atoms with E-state index in [1.54, 1.807) is 0 Å². The second-order valence-electron chi connectivity index (χ2n) is 2.71. The van der Waals surface area contributed by atoms with Gasteiger partial charge in [-0.25, -0.2) is 0 Å². The molecule has 1 saturated carbocycles. The fourth-order valence-electron chi connectivity index (χ4n) is 1.42. The van der Waals surface area contributed by atoms with E-state index in [0.29, 0.717) is 0 Å². The van der Waals surface area contributed by atoms with Gasteiger partial charge in [0.05, 0.1) is 12.2 Å². The van der Waals surface area contributed by atoms with Crippen LogP contribution in [0.2, 0.25) is 0 Å². The van der Waals surface area contributed by atoms with Crippen LogP contribution in [0.15, 0.2) is 0 Å². The van der Waals surface area contributed by atoms with E-state index in [1.807, 2.05) is 0 Å². The van der Waals surface area contributed by atoms with Gasteiger partial charge < -0.3 is 9.84 Å². The molecule has 1 N–H and O–H groups in total. The van der Waals surface area contributed by atoms with Crippen molar-refractivity contribution in [1.29, 1.82) is 0 Å². The maximum absolute atomic E-state index is 8.58. The SMILES string of the molecule is OCC1OC12CCC2. The van der Waals surface area contributed by atoms with Crippen LogP contribution in [-0.2, 0) is 4.74 Å². The quantitative estimate of drug-likeness (QED) is 0.497. The van der Waals surface area contributed by atoms with Crippen LogP contribution in [0, 0.1) is 0 Å². The Bertz CT molecular complexity index is 107. The highest BCUT2D eigenvalue weighted by Crippen LogP contribution is 2.51. The van der Waals surface area contributed by atoms with E-state index in [1.165, 1.54) is 19.3 Å². The smallest absolute Gasteiger partial charge is 0.110 e. The molecule has 0 aromatic carbocycles. The number of hydrogen-bond donors (Lipinski definition) is 1. The third kappa shape index (κ3) is 0.400. The van der Waals surface area contributed by atoms with Crippen molar-refractivity contribution in [2.45, 2.75) is 31.0 Å². The van der Waals surface area contributed by atoms with E-state index in [9.17, 15) is 0 Å². The Labute approximate surface area is 48.5 Å². The maximum Gasteiger partial charge on any atom is 0.110 e. The fourth-order valence-corrected chi connectivity index (χ4v) is 1.42. The van der Waals surface area contributed by atoms with Crippen molar-refractivity contribution in [3.63, 3.8) is 0 Å². The monoisotopic (exact) mass is 114 g/mol. The number of ether oxygens (including phenoxy) is 1. The van der Waals surface area contributed by atoms with Crippen LogP contribution in [0.4, 0.5) is 0 Å². The Morgan fingerprint density at radius 3 is 2.50 bits per heavy atom. The molecule has 2 rings (SSSR count). The molecule has 2 aliphatic rings. The van der Waals surface area contributed by atoms with Gasteiger partial charge in [-0.2, -0.15) is 0 Å². The molecule has 1 spiro atoms. The van der Waals surface area contributed by atoms with Crippen molar-refractivity contribution in [2.75, 3.05) is 6.61 Å². The molecule has 1 saturated heterocycles. The average molecular weight is 114 g/mol. The molecular weight excluding hydrogens is 104 g/mol. The van der Waals surface area contributed by atoms with Crippen LogP contribution < -0.4 is 0 Å². The second kappa shape index (κ2) is 1.25. The van der Waals surface area contributed by atoms with Gasteiger partial charge in [-0.3, -0.25) is 0 Å². The summed E-state index contributed by atoms with van der Waals surface area (Å²) in [6.07, 6.45) is 3.85. The van der Waals surface area contributed by atoms with Crippen molar-refractivity contribution < 1.29 is 9.84 Å². The topological polar surface area (TPSA) is 32.8 Å². The van der Waals surface area contributed by atoms with Crippen LogP contribution in [0.3, 0.4) is 0 Å². The first-order chi connectivity index (χ1) is 3.87. The predicted octanol–water partition coefficient (Wildman–Crippen LogP) is 0.300. The molecule has 46 valence electrons. The molecule has 0 aromatic heterocycles.